The molecule has 0 spiro atoms. The van der Waals surface area contributed by atoms with E-state index in [9.17, 15) is 18.0 Å². The molecular weight excluding hydrogens is 443 g/mol. The first kappa shape index (κ1) is 23.8. The van der Waals surface area contributed by atoms with Crippen molar-refractivity contribution in [3.8, 4) is 11.3 Å². The average Bonchev–Trinajstić information content (AvgIpc) is 3.23. The third kappa shape index (κ3) is 4.93. The minimum absolute atomic E-state index is 0.0568. The number of nitrogens with one attached hydrogen (secondary N) is 1. The molecule has 1 aliphatic heterocycles. The molecule has 9 heteroatoms. The maximum Gasteiger partial charge on any atom is 0.417 e. The van der Waals surface area contributed by atoms with E-state index >= 15 is 0 Å². The largest absolute Gasteiger partial charge is 0.417 e. The highest BCUT2D eigenvalue weighted by molar-refractivity contribution is 6.01. The molecule has 1 aliphatic rings. The summed E-state index contributed by atoms with van der Waals surface area (Å²) in [5, 5.41) is 3.14. The number of amides is 1. The Kier molecular flexibility index (Phi) is 6.63. The highest BCUT2D eigenvalue weighted by atomic mass is 19.4. The number of benzene rings is 1. The molecule has 1 saturated heterocycles. The quantitative estimate of drug-likeness (QED) is 0.558. The average molecular weight is 472 g/mol. The molecule has 1 amide bonds. The predicted octanol–water partition coefficient (Wildman–Crippen LogP) is 5.16. The Morgan fingerprint density at radius 1 is 1.21 bits per heavy atom. The first-order valence-electron chi connectivity index (χ1n) is 11.3. The third-order valence-electron chi connectivity index (χ3n) is 6.46. The number of pyridine rings is 1. The summed E-state index contributed by atoms with van der Waals surface area (Å²) in [6, 6.07) is 8.05. The Balaban J connectivity index is 1.58. The summed E-state index contributed by atoms with van der Waals surface area (Å²) in [7, 11) is 1.89. The Morgan fingerprint density at radius 2 is 2.00 bits per heavy atom. The Hall–Kier alpha value is -3.36. The molecule has 0 bridgehead atoms. The number of halogens is 3. The first-order valence-corrected chi connectivity index (χ1v) is 11.3. The van der Waals surface area contributed by atoms with E-state index in [4.69, 9.17) is 0 Å². The summed E-state index contributed by atoms with van der Waals surface area (Å²) in [5.41, 5.74) is 2.50. The molecule has 1 fully saturated rings. The van der Waals surface area contributed by atoms with Crippen LogP contribution in [0.1, 0.15) is 41.3 Å². The maximum atomic E-state index is 13.8. The van der Waals surface area contributed by atoms with Crippen LogP contribution < -0.4 is 5.32 Å². The zero-order chi connectivity index (χ0) is 24.5. The maximum absolute atomic E-state index is 13.8. The highest BCUT2D eigenvalue weighted by Gasteiger charge is 2.34. The third-order valence-corrected chi connectivity index (χ3v) is 6.46. The highest BCUT2D eigenvalue weighted by Crippen LogP contribution is 2.31. The molecule has 3 aromatic rings. The number of aryl methyl sites for hydroxylation is 2. The molecular formula is C25H28F3N5O. The molecule has 1 N–H and O–H groups in total. The number of rotatable bonds is 5. The molecule has 6 nitrogen and oxygen atoms in total. The molecule has 2 aromatic heterocycles. The van der Waals surface area contributed by atoms with E-state index in [2.05, 4.69) is 22.2 Å². The molecule has 3 heterocycles. The van der Waals surface area contributed by atoms with E-state index in [1.165, 1.54) is 6.07 Å². The smallest absolute Gasteiger partial charge is 0.368 e. The van der Waals surface area contributed by atoms with Gasteiger partial charge in [0.15, 0.2) is 0 Å². The van der Waals surface area contributed by atoms with Crippen LogP contribution in [0.3, 0.4) is 0 Å². The van der Waals surface area contributed by atoms with Gasteiger partial charge in [-0.15, -0.1) is 0 Å². The number of carbonyl (C=O) groups is 1. The van der Waals surface area contributed by atoms with Crippen LogP contribution in [0.2, 0.25) is 0 Å². The molecule has 2 atom stereocenters. The fourth-order valence-corrected chi connectivity index (χ4v) is 4.52. The molecule has 4 rings (SSSR count). The summed E-state index contributed by atoms with van der Waals surface area (Å²) in [6.07, 6.45) is 1.72. The number of carbonyl (C=O) groups excluding carboxylic acids is 1. The van der Waals surface area contributed by atoms with E-state index in [1.54, 1.807) is 12.5 Å². The number of hydrogen-bond donors (Lipinski definition) is 1. The number of aromatic nitrogens is 3. The number of imidazole rings is 1. The summed E-state index contributed by atoms with van der Waals surface area (Å²) >= 11 is 0. The molecule has 1 aromatic carbocycles. The van der Waals surface area contributed by atoms with Gasteiger partial charge in [0.1, 0.15) is 5.82 Å². The Labute approximate surface area is 196 Å². The molecule has 180 valence electrons. The van der Waals surface area contributed by atoms with Gasteiger partial charge < -0.3 is 14.8 Å². The summed E-state index contributed by atoms with van der Waals surface area (Å²) < 4.78 is 40.4. The lowest BCUT2D eigenvalue weighted by molar-refractivity contribution is -0.137. The fourth-order valence-electron chi connectivity index (χ4n) is 4.52. The van der Waals surface area contributed by atoms with Crippen LogP contribution in [-0.4, -0.2) is 44.5 Å². The van der Waals surface area contributed by atoms with Crippen LogP contribution in [0.4, 0.5) is 19.0 Å². The van der Waals surface area contributed by atoms with E-state index < -0.39 is 11.7 Å². The van der Waals surface area contributed by atoms with Gasteiger partial charge in [0, 0.05) is 37.5 Å². The van der Waals surface area contributed by atoms with Crippen molar-refractivity contribution in [2.24, 2.45) is 13.0 Å². The molecule has 0 saturated carbocycles. The van der Waals surface area contributed by atoms with E-state index in [-0.39, 0.29) is 17.9 Å². The van der Waals surface area contributed by atoms with E-state index in [0.29, 0.717) is 24.5 Å². The van der Waals surface area contributed by atoms with E-state index in [0.717, 1.165) is 41.9 Å². The first-order chi connectivity index (χ1) is 16.1. The van der Waals surface area contributed by atoms with Crippen LogP contribution in [0.5, 0.6) is 0 Å². The van der Waals surface area contributed by atoms with Crippen molar-refractivity contribution < 1.29 is 18.0 Å². The van der Waals surface area contributed by atoms with Gasteiger partial charge in [-0.2, -0.15) is 13.2 Å². The second-order valence-corrected chi connectivity index (χ2v) is 8.94. The zero-order valence-electron chi connectivity index (χ0n) is 19.4. The van der Waals surface area contributed by atoms with Crippen molar-refractivity contribution in [2.75, 3.05) is 18.4 Å². The molecule has 0 aliphatic carbocycles. The monoisotopic (exact) mass is 471 g/mol. The predicted molar refractivity (Wildman–Crippen MR) is 124 cm³/mol. The van der Waals surface area contributed by atoms with Gasteiger partial charge in [0.25, 0.3) is 5.91 Å². The number of piperidine rings is 1. The molecule has 1 unspecified atom stereocenters. The number of anilines is 1. The van der Waals surface area contributed by atoms with Gasteiger partial charge in [0.05, 0.1) is 29.8 Å². The van der Waals surface area contributed by atoms with Crippen molar-refractivity contribution in [3.63, 3.8) is 0 Å². The SMILES string of the molecule is Cc1ccc(-c2cncn2C)c(C(=O)N2CCCC(C)[C@H]2CNc2ccc(C(F)(F)F)cn2)c1. The van der Waals surface area contributed by atoms with Crippen LogP contribution in [0.25, 0.3) is 11.3 Å². The second kappa shape index (κ2) is 9.48. The molecule has 0 radical (unpaired) electrons. The van der Waals surface area contributed by atoms with Crippen LogP contribution in [0, 0.1) is 12.8 Å². The lowest BCUT2D eigenvalue weighted by atomic mass is 9.89. The number of hydrogen-bond acceptors (Lipinski definition) is 4. The van der Waals surface area contributed by atoms with Gasteiger partial charge >= 0.3 is 6.18 Å². The van der Waals surface area contributed by atoms with Gasteiger partial charge in [-0.3, -0.25) is 4.79 Å². The normalized spacial score (nSPS) is 18.7. The molecule has 34 heavy (non-hydrogen) atoms. The lowest BCUT2D eigenvalue weighted by Crippen LogP contribution is -2.51. The number of likely N-dealkylation sites (tertiary alicyclic amines) is 1. The van der Waals surface area contributed by atoms with Crippen molar-refractivity contribution in [1.82, 2.24) is 19.4 Å². The minimum Gasteiger partial charge on any atom is -0.368 e. The Morgan fingerprint density at radius 3 is 2.65 bits per heavy atom. The van der Waals surface area contributed by atoms with Crippen molar-refractivity contribution in [3.05, 3.63) is 65.7 Å². The van der Waals surface area contributed by atoms with E-state index in [1.807, 2.05) is 41.6 Å². The topological polar surface area (TPSA) is 63.1 Å². The van der Waals surface area contributed by atoms with Gasteiger partial charge in [-0.1, -0.05) is 24.6 Å². The minimum atomic E-state index is -4.42. The van der Waals surface area contributed by atoms with Gasteiger partial charge in [-0.25, -0.2) is 9.97 Å². The zero-order valence-corrected chi connectivity index (χ0v) is 19.4. The summed E-state index contributed by atoms with van der Waals surface area (Å²) in [6.45, 7) is 5.08. The number of alkyl halides is 3. The lowest BCUT2D eigenvalue weighted by Gasteiger charge is -2.40. The van der Waals surface area contributed by atoms with Gasteiger partial charge in [-0.05, 0) is 43.9 Å². The number of nitrogens with zero attached hydrogens (tertiary/aromatic N) is 4. The fraction of sp³-hybridized carbons (Fsp3) is 0.400. The Bertz CT molecular complexity index is 1160. The van der Waals surface area contributed by atoms with Crippen molar-refractivity contribution in [2.45, 2.75) is 38.9 Å². The van der Waals surface area contributed by atoms with Crippen molar-refractivity contribution in [1.29, 1.82) is 0 Å². The van der Waals surface area contributed by atoms with Gasteiger partial charge in [0.2, 0.25) is 0 Å². The summed E-state index contributed by atoms with van der Waals surface area (Å²) in [5.74, 6) is 0.521. The van der Waals surface area contributed by atoms with Crippen LogP contribution in [0.15, 0.2) is 49.1 Å². The second-order valence-electron chi connectivity index (χ2n) is 8.94. The summed E-state index contributed by atoms with van der Waals surface area (Å²) in [4.78, 5) is 23.8. The van der Waals surface area contributed by atoms with Crippen LogP contribution >= 0.6 is 0 Å². The van der Waals surface area contributed by atoms with Crippen molar-refractivity contribution >= 4 is 11.7 Å². The van der Waals surface area contributed by atoms with Crippen LogP contribution in [-0.2, 0) is 13.2 Å². The standard InChI is InChI=1S/C25H28F3N5O/c1-16-6-8-19(22-13-29-15-32(22)3)20(11-16)24(34)33-10-4-5-17(2)21(33)14-31-23-9-7-18(12-30-23)25(26,27)28/h6-9,11-13,15,17,21H,4-5,10,14H2,1-3H3,(H,30,31)/t17?,21-/m1/s1.